The Balaban J connectivity index is 2.72. The monoisotopic (exact) mass is 255 g/mol. The van der Waals surface area contributed by atoms with Gasteiger partial charge in [-0.3, -0.25) is 4.79 Å². The van der Waals surface area contributed by atoms with Crippen LogP contribution in [0.15, 0.2) is 12.4 Å². The summed E-state index contributed by atoms with van der Waals surface area (Å²) >= 11 is 5.63. The van der Waals surface area contributed by atoms with Crippen LogP contribution in [-0.2, 0) is 0 Å². The predicted molar refractivity (Wildman–Crippen MR) is 68.1 cm³/mol. The van der Waals surface area contributed by atoms with Crippen LogP contribution < -0.4 is 0 Å². The van der Waals surface area contributed by atoms with Gasteiger partial charge in [0, 0.05) is 13.1 Å². The Labute approximate surface area is 107 Å². The lowest BCUT2D eigenvalue weighted by atomic mass is 10.0. The molecule has 0 radical (unpaired) electrons. The van der Waals surface area contributed by atoms with E-state index in [4.69, 9.17) is 11.6 Å². The van der Waals surface area contributed by atoms with Crippen molar-refractivity contribution in [1.29, 1.82) is 0 Å². The lowest BCUT2D eigenvalue weighted by molar-refractivity contribution is 0.0722. The van der Waals surface area contributed by atoms with E-state index >= 15 is 0 Å². The van der Waals surface area contributed by atoms with E-state index in [1.54, 1.807) is 11.9 Å². The van der Waals surface area contributed by atoms with E-state index in [1.165, 1.54) is 12.4 Å². The summed E-state index contributed by atoms with van der Waals surface area (Å²) in [5, 5.41) is 0.291. The molecule has 5 heteroatoms. The molecule has 1 amide bonds. The smallest absolute Gasteiger partial charge is 0.274 e. The first kappa shape index (κ1) is 13.9. The van der Waals surface area contributed by atoms with Crippen molar-refractivity contribution in [2.24, 2.45) is 5.92 Å². The van der Waals surface area contributed by atoms with Crippen LogP contribution in [0.4, 0.5) is 0 Å². The van der Waals surface area contributed by atoms with Crippen molar-refractivity contribution < 1.29 is 4.79 Å². The predicted octanol–water partition coefficient (Wildman–Crippen LogP) is 2.64. The largest absolute Gasteiger partial charge is 0.338 e. The average molecular weight is 256 g/mol. The molecule has 1 rings (SSSR count). The maximum atomic E-state index is 12.1. The fourth-order valence-corrected chi connectivity index (χ4v) is 1.74. The third-order valence-corrected chi connectivity index (χ3v) is 2.83. The zero-order valence-corrected chi connectivity index (χ0v) is 11.4. The Hall–Kier alpha value is -1.16. The van der Waals surface area contributed by atoms with E-state index < -0.39 is 0 Å². The van der Waals surface area contributed by atoms with Crippen LogP contribution in [0.1, 0.15) is 37.7 Å². The van der Waals surface area contributed by atoms with Gasteiger partial charge in [-0.25, -0.2) is 9.97 Å². The summed E-state index contributed by atoms with van der Waals surface area (Å²) < 4.78 is 0. The van der Waals surface area contributed by atoms with E-state index in [9.17, 15) is 4.79 Å². The van der Waals surface area contributed by atoms with Crippen molar-refractivity contribution in [3.8, 4) is 0 Å². The van der Waals surface area contributed by atoms with Crippen molar-refractivity contribution in [2.75, 3.05) is 7.05 Å². The van der Waals surface area contributed by atoms with Crippen LogP contribution in [0, 0.1) is 5.92 Å². The van der Waals surface area contributed by atoms with Crippen molar-refractivity contribution in [3.63, 3.8) is 0 Å². The molecule has 1 atom stereocenters. The average Bonchev–Trinajstić information content (AvgIpc) is 2.27. The van der Waals surface area contributed by atoms with E-state index in [0.717, 1.165) is 6.42 Å². The number of hydrogen-bond donors (Lipinski definition) is 0. The molecule has 0 spiro atoms. The van der Waals surface area contributed by atoms with Gasteiger partial charge < -0.3 is 4.90 Å². The number of halogens is 1. The van der Waals surface area contributed by atoms with Crippen LogP contribution in [0.2, 0.25) is 5.15 Å². The van der Waals surface area contributed by atoms with E-state index in [1.807, 2.05) is 6.92 Å². The Bertz CT molecular complexity index is 378. The quantitative estimate of drug-likeness (QED) is 0.831. The molecule has 0 aliphatic carbocycles. The Morgan fingerprint density at radius 3 is 2.47 bits per heavy atom. The Morgan fingerprint density at radius 1 is 1.35 bits per heavy atom. The second-order valence-electron chi connectivity index (χ2n) is 4.62. The first-order chi connectivity index (χ1) is 7.91. The summed E-state index contributed by atoms with van der Waals surface area (Å²) in [5.41, 5.74) is 0.326. The Kier molecular flexibility index (Phi) is 4.87. The molecule has 1 aromatic rings. The molecule has 1 unspecified atom stereocenters. The second-order valence-corrected chi connectivity index (χ2v) is 5.01. The molecular formula is C12H18ClN3O. The number of amides is 1. The highest BCUT2D eigenvalue weighted by Gasteiger charge is 2.19. The highest BCUT2D eigenvalue weighted by Crippen LogP contribution is 2.12. The molecule has 4 nitrogen and oxygen atoms in total. The van der Waals surface area contributed by atoms with Gasteiger partial charge in [0.05, 0.1) is 12.4 Å². The van der Waals surface area contributed by atoms with Gasteiger partial charge in [0.25, 0.3) is 5.91 Å². The third-order valence-electron chi connectivity index (χ3n) is 2.63. The first-order valence-electron chi connectivity index (χ1n) is 5.66. The lowest BCUT2D eigenvalue weighted by Gasteiger charge is -2.25. The molecule has 0 aliphatic heterocycles. The normalized spacial score (nSPS) is 12.6. The van der Waals surface area contributed by atoms with Gasteiger partial charge in [0.1, 0.15) is 10.8 Å². The number of aromatic nitrogens is 2. The van der Waals surface area contributed by atoms with E-state index in [0.29, 0.717) is 16.8 Å². The van der Waals surface area contributed by atoms with Crippen LogP contribution >= 0.6 is 11.6 Å². The minimum Gasteiger partial charge on any atom is -0.338 e. The standard InChI is InChI=1S/C12H18ClN3O/c1-8(2)5-9(3)16(4)12(17)10-6-15-11(13)7-14-10/h6-9H,5H2,1-4H3. The van der Waals surface area contributed by atoms with Gasteiger partial charge in [0.15, 0.2) is 0 Å². The summed E-state index contributed by atoms with van der Waals surface area (Å²) in [7, 11) is 1.78. The maximum Gasteiger partial charge on any atom is 0.274 e. The molecule has 0 fully saturated rings. The minimum atomic E-state index is -0.123. The molecule has 94 valence electrons. The first-order valence-corrected chi connectivity index (χ1v) is 6.04. The van der Waals surface area contributed by atoms with Crippen LogP contribution in [-0.4, -0.2) is 33.9 Å². The summed E-state index contributed by atoms with van der Waals surface area (Å²) in [6.45, 7) is 6.30. The molecular weight excluding hydrogens is 238 g/mol. The highest BCUT2D eigenvalue weighted by atomic mass is 35.5. The van der Waals surface area contributed by atoms with Crippen molar-refractivity contribution in [2.45, 2.75) is 33.2 Å². The molecule has 1 aromatic heterocycles. The van der Waals surface area contributed by atoms with Gasteiger partial charge >= 0.3 is 0 Å². The van der Waals surface area contributed by atoms with Gasteiger partial charge in [-0.15, -0.1) is 0 Å². The van der Waals surface area contributed by atoms with E-state index in [-0.39, 0.29) is 11.9 Å². The van der Waals surface area contributed by atoms with E-state index in [2.05, 4.69) is 23.8 Å². The zero-order valence-electron chi connectivity index (χ0n) is 10.6. The molecule has 0 aromatic carbocycles. The molecule has 17 heavy (non-hydrogen) atoms. The summed E-state index contributed by atoms with van der Waals surface area (Å²) in [6.07, 6.45) is 3.75. The van der Waals surface area contributed by atoms with Gasteiger partial charge in [-0.2, -0.15) is 0 Å². The number of nitrogens with zero attached hydrogens (tertiary/aromatic N) is 3. The molecule has 0 saturated heterocycles. The highest BCUT2D eigenvalue weighted by molar-refractivity contribution is 6.29. The SMILES string of the molecule is CC(C)CC(C)N(C)C(=O)c1cnc(Cl)cn1. The van der Waals surface area contributed by atoms with Crippen molar-refractivity contribution in [3.05, 3.63) is 23.2 Å². The van der Waals surface area contributed by atoms with Gasteiger partial charge in [-0.05, 0) is 19.3 Å². The van der Waals surface area contributed by atoms with Crippen molar-refractivity contribution >= 4 is 17.5 Å². The fraction of sp³-hybridized carbons (Fsp3) is 0.583. The second kappa shape index (κ2) is 5.96. The number of carbonyl (C=O) groups is 1. The third kappa shape index (κ3) is 3.97. The molecule has 1 heterocycles. The minimum absolute atomic E-state index is 0.123. The maximum absolute atomic E-state index is 12.1. The van der Waals surface area contributed by atoms with Crippen LogP contribution in [0.3, 0.4) is 0 Å². The van der Waals surface area contributed by atoms with Crippen LogP contribution in [0.25, 0.3) is 0 Å². The Morgan fingerprint density at radius 2 is 2.00 bits per heavy atom. The summed E-state index contributed by atoms with van der Waals surface area (Å²) in [6, 6.07) is 0.181. The molecule has 0 bridgehead atoms. The molecule has 0 aliphatic rings. The molecule has 0 N–H and O–H groups in total. The van der Waals surface area contributed by atoms with Crippen LogP contribution in [0.5, 0.6) is 0 Å². The number of rotatable bonds is 4. The summed E-state index contributed by atoms with van der Waals surface area (Å²) in [5.74, 6) is 0.430. The molecule has 0 saturated carbocycles. The topological polar surface area (TPSA) is 46.1 Å². The zero-order chi connectivity index (χ0) is 13.0. The fourth-order valence-electron chi connectivity index (χ4n) is 1.64. The lowest BCUT2D eigenvalue weighted by Crippen LogP contribution is -2.36. The number of carbonyl (C=O) groups excluding carboxylic acids is 1. The number of hydrogen-bond acceptors (Lipinski definition) is 3. The van der Waals surface area contributed by atoms with Gasteiger partial charge in [0.2, 0.25) is 0 Å². The van der Waals surface area contributed by atoms with Crippen molar-refractivity contribution in [1.82, 2.24) is 14.9 Å². The van der Waals surface area contributed by atoms with Gasteiger partial charge in [-0.1, -0.05) is 25.4 Å². The summed E-state index contributed by atoms with van der Waals surface area (Å²) in [4.78, 5) is 21.6.